The summed E-state index contributed by atoms with van der Waals surface area (Å²) in [5.74, 6) is 5.36. The number of hydrogen-bond donors (Lipinski definition) is 3. The molecular formula is C12H16N6O. The molecule has 0 aromatic carbocycles. The van der Waals surface area contributed by atoms with Crippen LogP contribution in [0.25, 0.3) is 0 Å². The van der Waals surface area contributed by atoms with Gasteiger partial charge in [0.1, 0.15) is 0 Å². The van der Waals surface area contributed by atoms with E-state index in [1.165, 1.54) is 0 Å². The van der Waals surface area contributed by atoms with Crippen molar-refractivity contribution in [1.82, 2.24) is 14.8 Å². The fraction of sp³-hybridized carbons (Fsp3) is 0.250. The molecule has 2 aromatic heterocycles. The Kier molecular flexibility index (Phi) is 3.76. The first-order chi connectivity index (χ1) is 9.11. The molecule has 0 saturated carbocycles. The Hall–Kier alpha value is -2.41. The van der Waals surface area contributed by atoms with E-state index in [-0.39, 0.29) is 11.9 Å². The fourth-order valence-electron chi connectivity index (χ4n) is 1.59. The molecule has 0 atom stereocenters. The lowest BCUT2D eigenvalue weighted by molar-refractivity contribution is 0.102. The summed E-state index contributed by atoms with van der Waals surface area (Å²) in [6, 6.07) is 3.56. The zero-order valence-corrected chi connectivity index (χ0v) is 10.8. The van der Waals surface area contributed by atoms with E-state index < -0.39 is 0 Å². The van der Waals surface area contributed by atoms with Crippen molar-refractivity contribution in [2.45, 2.75) is 19.9 Å². The average molecular weight is 260 g/mol. The highest BCUT2D eigenvalue weighted by Crippen LogP contribution is 2.14. The molecule has 19 heavy (non-hydrogen) atoms. The summed E-state index contributed by atoms with van der Waals surface area (Å²) >= 11 is 0. The Morgan fingerprint density at radius 1 is 1.47 bits per heavy atom. The molecule has 1 amide bonds. The normalized spacial score (nSPS) is 10.5. The molecule has 0 radical (unpaired) electrons. The van der Waals surface area contributed by atoms with Gasteiger partial charge in [0.2, 0.25) is 0 Å². The van der Waals surface area contributed by atoms with Crippen LogP contribution in [0.3, 0.4) is 0 Å². The van der Waals surface area contributed by atoms with Crippen LogP contribution in [-0.2, 0) is 0 Å². The van der Waals surface area contributed by atoms with Crippen LogP contribution in [0.2, 0.25) is 0 Å². The lowest BCUT2D eigenvalue weighted by atomic mass is 10.2. The summed E-state index contributed by atoms with van der Waals surface area (Å²) in [5.41, 5.74) is 3.40. The van der Waals surface area contributed by atoms with Gasteiger partial charge < -0.3 is 10.7 Å². The number of nitrogens with two attached hydrogens (primary N) is 1. The van der Waals surface area contributed by atoms with Gasteiger partial charge in [0, 0.05) is 18.4 Å². The van der Waals surface area contributed by atoms with Crippen molar-refractivity contribution in [2.24, 2.45) is 5.84 Å². The van der Waals surface area contributed by atoms with Gasteiger partial charge in [-0.3, -0.25) is 9.48 Å². The quantitative estimate of drug-likeness (QED) is 0.570. The van der Waals surface area contributed by atoms with Crippen molar-refractivity contribution in [2.75, 3.05) is 10.7 Å². The van der Waals surface area contributed by atoms with Crippen LogP contribution < -0.4 is 16.6 Å². The van der Waals surface area contributed by atoms with E-state index in [0.29, 0.717) is 17.1 Å². The van der Waals surface area contributed by atoms with Crippen LogP contribution in [0.4, 0.5) is 11.5 Å². The van der Waals surface area contributed by atoms with E-state index in [2.05, 4.69) is 20.8 Å². The molecule has 4 N–H and O–H groups in total. The topological polar surface area (TPSA) is 97.9 Å². The Morgan fingerprint density at radius 3 is 2.89 bits per heavy atom. The van der Waals surface area contributed by atoms with Crippen molar-refractivity contribution in [3.63, 3.8) is 0 Å². The second-order valence-corrected chi connectivity index (χ2v) is 4.30. The number of hydrogen-bond acceptors (Lipinski definition) is 5. The molecule has 7 nitrogen and oxygen atoms in total. The number of hydrazine groups is 1. The molecule has 0 aliphatic rings. The minimum absolute atomic E-state index is 0.241. The third-order valence-electron chi connectivity index (χ3n) is 2.58. The lowest BCUT2D eigenvalue weighted by Gasteiger charge is -2.07. The van der Waals surface area contributed by atoms with Crippen LogP contribution in [0.1, 0.15) is 30.2 Å². The fourth-order valence-corrected chi connectivity index (χ4v) is 1.59. The number of carbonyl (C=O) groups is 1. The zero-order valence-electron chi connectivity index (χ0n) is 10.8. The molecule has 0 aliphatic heterocycles. The Morgan fingerprint density at radius 2 is 2.26 bits per heavy atom. The molecule has 0 bridgehead atoms. The predicted molar refractivity (Wildman–Crippen MR) is 72.6 cm³/mol. The highest BCUT2D eigenvalue weighted by atomic mass is 16.1. The van der Waals surface area contributed by atoms with Crippen molar-refractivity contribution in [3.8, 4) is 0 Å². The van der Waals surface area contributed by atoms with Crippen molar-refractivity contribution in [1.29, 1.82) is 0 Å². The number of nitrogen functional groups attached to an aromatic ring is 1. The van der Waals surface area contributed by atoms with Crippen molar-refractivity contribution in [3.05, 3.63) is 36.3 Å². The Bertz CT molecular complexity index is 577. The summed E-state index contributed by atoms with van der Waals surface area (Å²) in [5, 5.41) is 6.90. The van der Waals surface area contributed by atoms with E-state index in [4.69, 9.17) is 5.84 Å². The summed E-state index contributed by atoms with van der Waals surface area (Å²) < 4.78 is 1.76. The van der Waals surface area contributed by atoms with Crippen LogP contribution in [0, 0.1) is 0 Å². The largest absolute Gasteiger partial charge is 0.319 e. The van der Waals surface area contributed by atoms with E-state index in [0.717, 1.165) is 0 Å². The summed E-state index contributed by atoms with van der Waals surface area (Å²) in [4.78, 5) is 16.1. The minimum Gasteiger partial charge on any atom is -0.319 e. The second kappa shape index (κ2) is 5.49. The maximum atomic E-state index is 12.1. The van der Waals surface area contributed by atoms with Gasteiger partial charge in [-0.25, -0.2) is 10.8 Å². The molecular weight excluding hydrogens is 244 g/mol. The number of amides is 1. The van der Waals surface area contributed by atoms with Crippen molar-refractivity contribution >= 4 is 17.4 Å². The molecule has 0 aliphatic carbocycles. The van der Waals surface area contributed by atoms with Crippen LogP contribution in [-0.4, -0.2) is 20.7 Å². The van der Waals surface area contributed by atoms with E-state index in [9.17, 15) is 4.79 Å². The van der Waals surface area contributed by atoms with Crippen LogP contribution in [0.15, 0.2) is 30.7 Å². The van der Waals surface area contributed by atoms with Gasteiger partial charge in [0.05, 0.1) is 17.4 Å². The zero-order chi connectivity index (χ0) is 13.8. The number of carbonyl (C=O) groups excluding carboxylic acids is 1. The van der Waals surface area contributed by atoms with E-state index in [1.807, 2.05) is 13.8 Å². The standard InChI is InChI=1S/C12H16N6O/c1-8(2)18-7-9(6-15-18)16-12(19)10-4-3-5-14-11(10)17-13/h3-8H,13H2,1-2H3,(H,14,17)(H,16,19). The molecule has 2 heterocycles. The molecule has 0 fully saturated rings. The minimum atomic E-state index is -0.288. The van der Waals surface area contributed by atoms with Crippen LogP contribution in [0.5, 0.6) is 0 Å². The number of anilines is 2. The van der Waals surface area contributed by atoms with Gasteiger partial charge in [0.15, 0.2) is 5.82 Å². The first-order valence-electron chi connectivity index (χ1n) is 5.89. The van der Waals surface area contributed by atoms with Crippen molar-refractivity contribution < 1.29 is 4.79 Å². The third kappa shape index (κ3) is 2.89. The van der Waals surface area contributed by atoms with Gasteiger partial charge >= 0.3 is 0 Å². The first-order valence-corrected chi connectivity index (χ1v) is 5.89. The molecule has 7 heteroatoms. The number of pyridine rings is 1. The lowest BCUT2D eigenvalue weighted by Crippen LogP contribution is -2.18. The smallest absolute Gasteiger partial charge is 0.259 e. The highest BCUT2D eigenvalue weighted by Gasteiger charge is 2.12. The van der Waals surface area contributed by atoms with Gasteiger partial charge in [-0.05, 0) is 26.0 Å². The maximum Gasteiger partial charge on any atom is 0.259 e. The third-order valence-corrected chi connectivity index (χ3v) is 2.58. The summed E-state index contributed by atoms with van der Waals surface area (Å²) in [6.07, 6.45) is 4.93. The second-order valence-electron chi connectivity index (χ2n) is 4.30. The highest BCUT2D eigenvalue weighted by molar-refractivity contribution is 6.07. The van der Waals surface area contributed by atoms with E-state index in [1.54, 1.807) is 35.4 Å². The number of aromatic nitrogens is 3. The summed E-state index contributed by atoms with van der Waals surface area (Å²) in [6.45, 7) is 4.02. The monoisotopic (exact) mass is 260 g/mol. The molecule has 100 valence electrons. The van der Waals surface area contributed by atoms with Gasteiger partial charge in [0.25, 0.3) is 5.91 Å². The Labute approximate surface area is 110 Å². The van der Waals surface area contributed by atoms with E-state index >= 15 is 0 Å². The first kappa shape index (κ1) is 13.0. The van der Waals surface area contributed by atoms with Gasteiger partial charge in [-0.2, -0.15) is 5.10 Å². The maximum absolute atomic E-state index is 12.1. The molecule has 0 unspecified atom stereocenters. The van der Waals surface area contributed by atoms with Gasteiger partial charge in [-0.15, -0.1) is 0 Å². The summed E-state index contributed by atoms with van der Waals surface area (Å²) in [7, 11) is 0. The number of rotatable bonds is 4. The molecule has 0 spiro atoms. The SMILES string of the molecule is CC(C)n1cc(NC(=O)c2cccnc2NN)cn1. The molecule has 2 rings (SSSR count). The molecule has 2 aromatic rings. The van der Waals surface area contributed by atoms with Crippen LogP contribution >= 0.6 is 0 Å². The van der Waals surface area contributed by atoms with Gasteiger partial charge in [-0.1, -0.05) is 0 Å². The number of nitrogens with one attached hydrogen (secondary N) is 2. The molecule has 0 saturated heterocycles. The average Bonchev–Trinajstić information content (AvgIpc) is 2.87. The number of nitrogens with zero attached hydrogens (tertiary/aromatic N) is 3. The Balaban J connectivity index is 2.16. The predicted octanol–water partition coefficient (Wildman–Crippen LogP) is 1.40.